The Hall–Kier alpha value is -1.94. The molecule has 0 unspecified atom stereocenters. The normalized spacial score (nSPS) is 12.2. The van der Waals surface area contributed by atoms with E-state index < -0.39 is 0 Å². The molecule has 0 saturated carbocycles. The van der Waals surface area contributed by atoms with E-state index >= 15 is 0 Å². The third kappa shape index (κ3) is 3.14. The smallest absolute Gasteiger partial charge is 0.146 e. The van der Waals surface area contributed by atoms with Crippen LogP contribution in [0, 0.1) is 11.6 Å². The summed E-state index contributed by atoms with van der Waals surface area (Å²) >= 11 is 0. The van der Waals surface area contributed by atoms with Gasteiger partial charge in [-0.2, -0.15) is 0 Å². The van der Waals surface area contributed by atoms with Crippen LogP contribution in [0.5, 0.6) is 0 Å². The van der Waals surface area contributed by atoms with Crippen molar-refractivity contribution >= 4 is 5.69 Å². The highest BCUT2D eigenvalue weighted by atomic mass is 19.1. The molecule has 0 fully saturated rings. The average Bonchev–Trinajstić information content (AvgIpc) is 2.38. The maximum atomic E-state index is 14.1. The van der Waals surface area contributed by atoms with Gasteiger partial charge in [0.25, 0.3) is 0 Å². The minimum Gasteiger partial charge on any atom is -0.368 e. The van der Waals surface area contributed by atoms with Gasteiger partial charge in [-0.05, 0) is 36.2 Å². The van der Waals surface area contributed by atoms with Gasteiger partial charge >= 0.3 is 0 Å². The van der Waals surface area contributed by atoms with Crippen LogP contribution >= 0.6 is 0 Å². The van der Waals surface area contributed by atoms with E-state index in [1.165, 1.54) is 18.2 Å². The first-order chi connectivity index (χ1) is 9.49. The van der Waals surface area contributed by atoms with Crippen molar-refractivity contribution in [2.75, 3.05) is 11.9 Å². The molecule has 4 heteroatoms. The molecule has 0 spiro atoms. The van der Waals surface area contributed by atoms with E-state index in [1.54, 1.807) is 24.1 Å². The largest absolute Gasteiger partial charge is 0.368 e. The number of hydrogen-bond acceptors (Lipinski definition) is 2. The van der Waals surface area contributed by atoms with Crippen LogP contribution in [0.25, 0.3) is 0 Å². The van der Waals surface area contributed by atoms with Crippen LogP contribution in [-0.4, -0.2) is 7.05 Å². The van der Waals surface area contributed by atoms with E-state index in [1.807, 2.05) is 19.1 Å². The Morgan fingerprint density at radius 2 is 1.85 bits per heavy atom. The number of nitrogens with two attached hydrogens (primary N) is 1. The number of anilines is 1. The molecule has 2 nitrogen and oxygen atoms in total. The molecule has 0 aromatic heterocycles. The highest BCUT2D eigenvalue weighted by Gasteiger charge is 2.15. The Morgan fingerprint density at radius 3 is 2.50 bits per heavy atom. The summed E-state index contributed by atoms with van der Waals surface area (Å²) in [5.74, 6) is -0.615. The Kier molecular flexibility index (Phi) is 4.35. The van der Waals surface area contributed by atoms with Crippen molar-refractivity contribution in [3.05, 3.63) is 65.2 Å². The molecule has 0 saturated heterocycles. The lowest BCUT2D eigenvalue weighted by molar-refractivity contribution is 0.614. The number of para-hydroxylation sites is 1. The highest BCUT2D eigenvalue weighted by Crippen LogP contribution is 2.28. The predicted octanol–water partition coefficient (Wildman–Crippen LogP) is 3.62. The van der Waals surface area contributed by atoms with Crippen LogP contribution in [0.2, 0.25) is 0 Å². The van der Waals surface area contributed by atoms with E-state index in [9.17, 15) is 8.78 Å². The summed E-state index contributed by atoms with van der Waals surface area (Å²) in [5.41, 5.74) is 7.87. The summed E-state index contributed by atoms with van der Waals surface area (Å²) in [6, 6.07) is 10.9. The lowest BCUT2D eigenvalue weighted by Gasteiger charge is -2.24. The van der Waals surface area contributed by atoms with Gasteiger partial charge in [0.2, 0.25) is 0 Å². The summed E-state index contributed by atoms with van der Waals surface area (Å²) in [4.78, 5) is 1.75. The fourth-order valence-corrected chi connectivity index (χ4v) is 2.29. The first-order valence-electron chi connectivity index (χ1n) is 6.48. The highest BCUT2D eigenvalue weighted by molar-refractivity contribution is 5.55. The summed E-state index contributed by atoms with van der Waals surface area (Å²) in [5, 5.41) is 0. The third-order valence-corrected chi connectivity index (χ3v) is 3.20. The van der Waals surface area contributed by atoms with Gasteiger partial charge in [-0.1, -0.05) is 24.3 Å². The Morgan fingerprint density at radius 1 is 1.15 bits per heavy atom. The molecule has 2 aromatic carbocycles. The predicted molar refractivity (Wildman–Crippen MR) is 77.5 cm³/mol. The Labute approximate surface area is 117 Å². The summed E-state index contributed by atoms with van der Waals surface area (Å²) in [6.45, 7) is 2.23. The second-order valence-electron chi connectivity index (χ2n) is 4.95. The molecule has 2 aromatic rings. The zero-order valence-electron chi connectivity index (χ0n) is 11.6. The molecule has 0 amide bonds. The van der Waals surface area contributed by atoms with Crippen molar-refractivity contribution in [1.82, 2.24) is 0 Å². The van der Waals surface area contributed by atoms with Gasteiger partial charge in [-0.3, -0.25) is 0 Å². The SMILES string of the molecule is C[C@@H](N)c1cccc(F)c1N(C)Cc1cccc(F)c1. The van der Waals surface area contributed by atoms with Crippen LogP contribution in [0.3, 0.4) is 0 Å². The van der Waals surface area contributed by atoms with Gasteiger partial charge in [-0.15, -0.1) is 0 Å². The molecule has 2 N–H and O–H groups in total. The average molecular weight is 276 g/mol. The maximum Gasteiger partial charge on any atom is 0.146 e. The number of benzene rings is 2. The van der Waals surface area contributed by atoms with Gasteiger partial charge in [0.1, 0.15) is 11.6 Å². The topological polar surface area (TPSA) is 29.3 Å². The standard InChI is InChI=1S/C16H18F2N2/c1-11(19)14-7-4-8-15(18)16(14)20(2)10-12-5-3-6-13(17)9-12/h3-9,11H,10,19H2,1-2H3/t11-/m1/s1. The summed E-state index contributed by atoms with van der Waals surface area (Å²) in [7, 11) is 1.77. The monoisotopic (exact) mass is 276 g/mol. The molecular formula is C16H18F2N2. The van der Waals surface area contributed by atoms with E-state index in [0.717, 1.165) is 11.1 Å². The first kappa shape index (κ1) is 14.5. The van der Waals surface area contributed by atoms with Gasteiger partial charge in [-0.25, -0.2) is 8.78 Å². The molecule has 0 aliphatic carbocycles. The zero-order chi connectivity index (χ0) is 14.7. The molecule has 106 valence electrons. The third-order valence-electron chi connectivity index (χ3n) is 3.20. The number of rotatable bonds is 4. The Bertz CT molecular complexity index is 597. The lowest BCUT2D eigenvalue weighted by Crippen LogP contribution is -2.21. The molecule has 20 heavy (non-hydrogen) atoms. The van der Waals surface area contributed by atoms with Gasteiger partial charge in [0.05, 0.1) is 5.69 Å². The quantitative estimate of drug-likeness (QED) is 0.924. The molecule has 0 aliphatic heterocycles. The van der Waals surface area contributed by atoms with E-state index in [2.05, 4.69) is 0 Å². The molecule has 2 rings (SSSR count). The van der Waals surface area contributed by atoms with Crippen molar-refractivity contribution in [3.8, 4) is 0 Å². The van der Waals surface area contributed by atoms with Crippen molar-refractivity contribution in [3.63, 3.8) is 0 Å². The van der Waals surface area contributed by atoms with Crippen LogP contribution in [0.4, 0.5) is 14.5 Å². The van der Waals surface area contributed by atoms with Crippen molar-refractivity contribution in [1.29, 1.82) is 0 Å². The van der Waals surface area contributed by atoms with Crippen molar-refractivity contribution < 1.29 is 8.78 Å². The van der Waals surface area contributed by atoms with Gasteiger partial charge in [0, 0.05) is 19.6 Å². The summed E-state index contributed by atoms with van der Waals surface area (Å²) in [6.07, 6.45) is 0. The fraction of sp³-hybridized carbons (Fsp3) is 0.250. The van der Waals surface area contributed by atoms with E-state index in [-0.39, 0.29) is 17.7 Å². The number of nitrogens with zero attached hydrogens (tertiary/aromatic N) is 1. The second kappa shape index (κ2) is 6.01. The lowest BCUT2D eigenvalue weighted by atomic mass is 10.0. The molecular weight excluding hydrogens is 258 g/mol. The number of halogens is 2. The van der Waals surface area contributed by atoms with Gasteiger partial charge in [0.15, 0.2) is 0 Å². The molecule has 0 aliphatic rings. The van der Waals surface area contributed by atoms with Crippen LogP contribution in [0.15, 0.2) is 42.5 Å². The van der Waals surface area contributed by atoms with Crippen LogP contribution in [-0.2, 0) is 6.54 Å². The zero-order valence-corrected chi connectivity index (χ0v) is 11.6. The first-order valence-corrected chi connectivity index (χ1v) is 6.48. The fourth-order valence-electron chi connectivity index (χ4n) is 2.29. The van der Waals surface area contributed by atoms with Crippen molar-refractivity contribution in [2.45, 2.75) is 19.5 Å². The molecule has 0 heterocycles. The maximum absolute atomic E-state index is 14.1. The second-order valence-corrected chi connectivity index (χ2v) is 4.95. The Balaban J connectivity index is 2.31. The van der Waals surface area contributed by atoms with E-state index in [0.29, 0.717) is 12.2 Å². The molecule has 0 radical (unpaired) electrons. The van der Waals surface area contributed by atoms with Crippen LogP contribution in [0.1, 0.15) is 24.1 Å². The number of hydrogen-bond donors (Lipinski definition) is 1. The van der Waals surface area contributed by atoms with Gasteiger partial charge < -0.3 is 10.6 Å². The summed E-state index contributed by atoms with van der Waals surface area (Å²) < 4.78 is 27.3. The minimum absolute atomic E-state index is 0.268. The van der Waals surface area contributed by atoms with Crippen molar-refractivity contribution in [2.24, 2.45) is 5.73 Å². The van der Waals surface area contributed by atoms with Crippen LogP contribution < -0.4 is 10.6 Å². The van der Waals surface area contributed by atoms with E-state index in [4.69, 9.17) is 5.73 Å². The molecule has 1 atom stereocenters. The minimum atomic E-state index is -0.321. The molecule has 0 bridgehead atoms.